The molecule has 2 aliphatic heterocycles. The van der Waals surface area contributed by atoms with Crippen molar-refractivity contribution in [3.63, 3.8) is 0 Å². The first-order valence-corrected chi connectivity index (χ1v) is 12.4. The molecule has 6 rings (SSSR count). The average Bonchev–Trinajstić information content (AvgIpc) is 3.54. The van der Waals surface area contributed by atoms with E-state index >= 15 is 0 Å². The fraction of sp³-hybridized carbons (Fsp3) is 0.500. The minimum Gasteiger partial charge on any atom is -0.497 e. The second-order valence-corrected chi connectivity index (χ2v) is 9.86. The Kier molecular flexibility index (Phi) is 5.34. The number of nitrogens with zero attached hydrogens (tertiary/aromatic N) is 1. The van der Waals surface area contributed by atoms with Crippen LogP contribution in [-0.4, -0.2) is 44.9 Å². The molecule has 3 aliphatic rings. The van der Waals surface area contributed by atoms with Crippen molar-refractivity contribution in [2.75, 3.05) is 27.9 Å². The third-order valence-corrected chi connectivity index (χ3v) is 8.22. The van der Waals surface area contributed by atoms with E-state index in [0.717, 1.165) is 23.8 Å². The monoisotopic (exact) mass is 446 g/mol. The molecule has 1 aliphatic carbocycles. The van der Waals surface area contributed by atoms with Crippen LogP contribution in [0.4, 0.5) is 0 Å². The van der Waals surface area contributed by atoms with Gasteiger partial charge in [-0.25, -0.2) is 0 Å². The molecular weight excluding hydrogens is 412 g/mol. The van der Waals surface area contributed by atoms with Gasteiger partial charge in [-0.15, -0.1) is 0 Å². The zero-order chi connectivity index (χ0) is 22.5. The molecule has 3 aromatic carbocycles. The molecule has 0 unspecified atom stereocenters. The van der Waals surface area contributed by atoms with E-state index in [2.05, 4.69) is 40.5 Å². The van der Waals surface area contributed by atoms with Crippen molar-refractivity contribution in [3.05, 3.63) is 41.5 Å². The summed E-state index contributed by atoms with van der Waals surface area (Å²) in [5.74, 6) is 2.44. The van der Waals surface area contributed by atoms with E-state index in [9.17, 15) is 0 Å². The number of methoxy groups -OCH3 is 3. The zero-order valence-corrected chi connectivity index (χ0v) is 19.9. The van der Waals surface area contributed by atoms with E-state index in [1.807, 2.05) is 0 Å². The van der Waals surface area contributed by atoms with Crippen LogP contribution in [0.1, 0.15) is 55.7 Å². The van der Waals surface area contributed by atoms with Gasteiger partial charge in [-0.2, -0.15) is 0 Å². The number of ether oxygens (including phenoxy) is 3. The van der Waals surface area contributed by atoms with Crippen molar-refractivity contribution in [1.29, 1.82) is 0 Å². The summed E-state index contributed by atoms with van der Waals surface area (Å²) in [7, 11) is 5.18. The maximum Gasteiger partial charge on any atom is 0.161 e. The fourth-order valence-electron chi connectivity index (χ4n) is 6.65. The number of hydrogen-bond acceptors (Lipinski definition) is 5. The third-order valence-electron chi connectivity index (χ3n) is 8.22. The van der Waals surface area contributed by atoms with Crippen molar-refractivity contribution in [2.24, 2.45) is 0 Å². The number of benzene rings is 3. The lowest BCUT2D eigenvalue weighted by Crippen LogP contribution is -2.47. The predicted molar refractivity (Wildman–Crippen MR) is 133 cm³/mol. The highest BCUT2D eigenvalue weighted by atomic mass is 16.5. The van der Waals surface area contributed by atoms with Crippen LogP contribution in [-0.2, 0) is 6.54 Å². The van der Waals surface area contributed by atoms with Gasteiger partial charge in [0, 0.05) is 24.7 Å². The molecule has 33 heavy (non-hydrogen) atoms. The lowest BCUT2D eigenvalue weighted by molar-refractivity contribution is 0.172. The highest BCUT2D eigenvalue weighted by Crippen LogP contribution is 2.48. The van der Waals surface area contributed by atoms with E-state index in [0.29, 0.717) is 18.1 Å². The van der Waals surface area contributed by atoms with E-state index in [4.69, 9.17) is 14.2 Å². The maximum atomic E-state index is 5.73. The topological polar surface area (TPSA) is 43.0 Å². The first kappa shape index (κ1) is 21.1. The van der Waals surface area contributed by atoms with E-state index in [-0.39, 0.29) is 0 Å². The Balaban J connectivity index is 1.66. The summed E-state index contributed by atoms with van der Waals surface area (Å²) < 4.78 is 17.1. The Morgan fingerprint density at radius 2 is 1.52 bits per heavy atom. The minimum absolute atomic E-state index is 0.354. The number of rotatable bonds is 5. The lowest BCUT2D eigenvalue weighted by atomic mass is 9.81. The molecule has 2 atom stereocenters. The summed E-state index contributed by atoms with van der Waals surface area (Å²) in [4.78, 5) is 2.71. The van der Waals surface area contributed by atoms with E-state index < -0.39 is 0 Å². The van der Waals surface area contributed by atoms with Crippen molar-refractivity contribution in [3.8, 4) is 17.2 Å². The third kappa shape index (κ3) is 3.36. The SMILES string of the molecule is COc1ccc2c3c(c4cc(OC)c(OC)cc4c2c1)CN1CCC[C@H]1[C@H]3NC1CCCC1. The average molecular weight is 447 g/mol. The molecule has 0 amide bonds. The van der Waals surface area contributed by atoms with Crippen LogP contribution in [0.3, 0.4) is 0 Å². The van der Waals surface area contributed by atoms with Gasteiger partial charge in [0.1, 0.15) is 5.75 Å². The Labute approximate surface area is 196 Å². The summed E-state index contributed by atoms with van der Waals surface area (Å²) in [6, 6.07) is 12.5. The van der Waals surface area contributed by atoms with Crippen LogP contribution in [0.2, 0.25) is 0 Å². The van der Waals surface area contributed by atoms with Gasteiger partial charge in [-0.1, -0.05) is 18.9 Å². The molecule has 1 saturated carbocycles. The lowest BCUT2D eigenvalue weighted by Gasteiger charge is -2.41. The summed E-state index contributed by atoms with van der Waals surface area (Å²) in [6.45, 7) is 2.18. The molecule has 1 saturated heterocycles. The second-order valence-electron chi connectivity index (χ2n) is 9.86. The molecule has 0 bridgehead atoms. The number of nitrogens with one attached hydrogen (secondary N) is 1. The van der Waals surface area contributed by atoms with Crippen LogP contribution >= 0.6 is 0 Å². The van der Waals surface area contributed by atoms with Crippen LogP contribution < -0.4 is 19.5 Å². The molecule has 0 aromatic heterocycles. The van der Waals surface area contributed by atoms with E-state index in [1.54, 1.807) is 21.3 Å². The smallest absolute Gasteiger partial charge is 0.161 e. The summed E-state index contributed by atoms with van der Waals surface area (Å²) in [6.07, 6.45) is 7.83. The highest BCUT2D eigenvalue weighted by Gasteiger charge is 2.41. The first-order valence-electron chi connectivity index (χ1n) is 12.4. The molecule has 2 fully saturated rings. The van der Waals surface area contributed by atoms with Gasteiger partial charge in [0.15, 0.2) is 11.5 Å². The Bertz CT molecular complexity index is 1200. The Hall–Kier alpha value is -2.50. The van der Waals surface area contributed by atoms with Crippen LogP contribution in [0.5, 0.6) is 17.2 Å². The second kappa shape index (κ2) is 8.37. The quantitative estimate of drug-likeness (QED) is 0.519. The zero-order valence-electron chi connectivity index (χ0n) is 19.9. The number of hydrogen-bond donors (Lipinski definition) is 1. The standard InChI is InChI=1S/C28H34N2O3/c1-31-18-10-11-19-20(13-18)21-14-25(32-2)26(33-3)15-22(21)23-16-30-12-6-9-24(30)28(27(19)23)29-17-7-4-5-8-17/h10-11,13-15,17,24,28-29H,4-9,12,16H2,1-3H3/t24-,28+/m0/s1. The molecule has 3 aromatic rings. The van der Waals surface area contributed by atoms with E-state index in [1.165, 1.54) is 77.7 Å². The first-order chi connectivity index (χ1) is 16.2. The molecule has 0 radical (unpaired) electrons. The molecule has 2 heterocycles. The predicted octanol–water partition coefficient (Wildman–Crippen LogP) is 5.57. The van der Waals surface area contributed by atoms with Gasteiger partial charge in [0.2, 0.25) is 0 Å². The van der Waals surface area contributed by atoms with Crippen molar-refractivity contribution >= 4 is 21.5 Å². The fourth-order valence-corrected chi connectivity index (χ4v) is 6.65. The van der Waals surface area contributed by atoms with Crippen molar-refractivity contribution in [1.82, 2.24) is 10.2 Å². The molecular formula is C28H34N2O3. The molecule has 174 valence electrons. The largest absolute Gasteiger partial charge is 0.497 e. The van der Waals surface area contributed by atoms with Gasteiger partial charge in [-0.05, 0) is 89.2 Å². The Morgan fingerprint density at radius 1 is 0.788 bits per heavy atom. The summed E-state index contributed by atoms with van der Waals surface area (Å²) in [5.41, 5.74) is 2.93. The summed E-state index contributed by atoms with van der Waals surface area (Å²) >= 11 is 0. The highest BCUT2D eigenvalue weighted by molar-refractivity contribution is 6.12. The van der Waals surface area contributed by atoms with Gasteiger partial charge in [-0.3, -0.25) is 4.90 Å². The van der Waals surface area contributed by atoms with Crippen molar-refractivity contribution in [2.45, 2.75) is 63.2 Å². The molecule has 5 nitrogen and oxygen atoms in total. The minimum atomic E-state index is 0.354. The maximum absolute atomic E-state index is 5.73. The van der Waals surface area contributed by atoms with Crippen LogP contribution in [0.15, 0.2) is 30.3 Å². The van der Waals surface area contributed by atoms with Crippen LogP contribution in [0.25, 0.3) is 21.5 Å². The molecule has 1 N–H and O–H groups in total. The molecule has 0 spiro atoms. The van der Waals surface area contributed by atoms with Crippen molar-refractivity contribution < 1.29 is 14.2 Å². The normalized spacial score (nSPS) is 23.1. The summed E-state index contributed by atoms with van der Waals surface area (Å²) in [5, 5.41) is 9.20. The van der Waals surface area contributed by atoms with Gasteiger partial charge < -0.3 is 19.5 Å². The number of fused-ring (bicyclic) bond motifs is 7. The Morgan fingerprint density at radius 3 is 2.24 bits per heavy atom. The molecule has 5 heteroatoms. The van der Waals surface area contributed by atoms with Gasteiger partial charge >= 0.3 is 0 Å². The van der Waals surface area contributed by atoms with Gasteiger partial charge in [0.25, 0.3) is 0 Å². The van der Waals surface area contributed by atoms with Gasteiger partial charge in [0.05, 0.1) is 21.3 Å². The van der Waals surface area contributed by atoms with Crippen LogP contribution in [0, 0.1) is 0 Å².